The van der Waals surface area contributed by atoms with Crippen LogP contribution in [0.25, 0.3) is 0 Å². The van der Waals surface area contributed by atoms with Crippen LogP contribution in [-0.4, -0.2) is 35.5 Å². The number of carboxylic acids is 1. The number of benzene rings is 2. The molecule has 0 aliphatic heterocycles. The minimum Gasteiger partial charge on any atom is -0.479 e. The maximum Gasteiger partial charge on any atom is 0.341 e. The minimum atomic E-state index is -3.81. The van der Waals surface area contributed by atoms with Gasteiger partial charge in [0, 0.05) is 11.5 Å². The molecule has 0 aliphatic carbocycles. The number of ether oxygens (including phenoxy) is 2. The van der Waals surface area contributed by atoms with Crippen LogP contribution in [0.15, 0.2) is 52.9 Å². The lowest BCUT2D eigenvalue weighted by molar-refractivity contribution is -0.139. The third kappa shape index (κ3) is 5.24. The van der Waals surface area contributed by atoms with Crippen molar-refractivity contribution in [1.29, 1.82) is 0 Å². The van der Waals surface area contributed by atoms with Crippen molar-refractivity contribution >= 4 is 27.3 Å². The molecule has 2 aromatic carbocycles. The van der Waals surface area contributed by atoms with E-state index >= 15 is 0 Å². The molecular formula is C17H13FN2O6S2. The maximum atomic E-state index is 13.0. The molecule has 3 aromatic rings. The molecule has 0 atom stereocenters. The topological polar surface area (TPSA) is 116 Å². The van der Waals surface area contributed by atoms with Crippen LogP contribution in [0.2, 0.25) is 0 Å². The van der Waals surface area contributed by atoms with E-state index in [9.17, 15) is 17.6 Å². The number of aliphatic carboxylic acids is 1. The van der Waals surface area contributed by atoms with E-state index in [0.717, 1.165) is 0 Å². The average Bonchev–Trinajstić information content (AvgIpc) is 3.12. The summed E-state index contributed by atoms with van der Waals surface area (Å²) in [5.41, 5.74) is 0.447. The summed E-state index contributed by atoms with van der Waals surface area (Å²) < 4.78 is 51.7. The number of carboxylic acid groups (broad SMARTS) is 1. The lowest BCUT2D eigenvalue weighted by Gasteiger charge is -2.07. The van der Waals surface area contributed by atoms with Gasteiger partial charge in [0.25, 0.3) is 0 Å². The first kappa shape index (κ1) is 19.7. The Morgan fingerprint density at radius 1 is 1.14 bits per heavy atom. The van der Waals surface area contributed by atoms with E-state index in [-0.39, 0.29) is 16.1 Å². The summed E-state index contributed by atoms with van der Waals surface area (Å²) in [5, 5.41) is 8.56. The van der Waals surface area contributed by atoms with Crippen LogP contribution in [0, 0.1) is 5.82 Å². The smallest absolute Gasteiger partial charge is 0.341 e. The van der Waals surface area contributed by atoms with Crippen LogP contribution in [0.1, 0.15) is 5.56 Å². The Balaban J connectivity index is 1.72. The number of hydrogen-bond donors (Lipinski definition) is 1. The first-order valence-corrected chi connectivity index (χ1v) is 10.2. The Kier molecular flexibility index (Phi) is 5.85. The number of sulfone groups is 1. The number of aromatic nitrogens is 2. The lowest BCUT2D eigenvalue weighted by atomic mass is 10.2. The average molecular weight is 424 g/mol. The first-order chi connectivity index (χ1) is 13.3. The summed E-state index contributed by atoms with van der Waals surface area (Å²) in [6, 6.07) is 11.5. The van der Waals surface area contributed by atoms with E-state index in [0.29, 0.717) is 28.6 Å². The summed E-state index contributed by atoms with van der Waals surface area (Å²) in [7, 11) is -3.81. The summed E-state index contributed by atoms with van der Waals surface area (Å²) in [5.74, 6) is -1.18. The van der Waals surface area contributed by atoms with Gasteiger partial charge in [-0.2, -0.15) is 4.98 Å². The Morgan fingerprint density at radius 3 is 2.61 bits per heavy atom. The van der Waals surface area contributed by atoms with Crippen molar-refractivity contribution < 1.29 is 32.2 Å². The van der Waals surface area contributed by atoms with Gasteiger partial charge in [-0.15, -0.1) is 4.37 Å². The monoisotopic (exact) mass is 424 g/mol. The highest BCUT2D eigenvalue weighted by molar-refractivity contribution is 7.92. The molecule has 11 heteroatoms. The Bertz CT molecular complexity index is 1080. The molecule has 0 unspecified atom stereocenters. The molecule has 1 aromatic heterocycles. The molecule has 0 spiro atoms. The standard InChI is InChI=1S/C17H13FN2O6S2/c18-12-4-6-13(7-5-12)26-14-3-1-2-11(8-14)10-28(23,24)17-19-16(20-27-17)25-9-15(21)22/h1-8H,9-10H2,(H,21,22). The summed E-state index contributed by atoms with van der Waals surface area (Å²) in [6.07, 6.45) is 0. The Labute approximate surface area is 163 Å². The van der Waals surface area contributed by atoms with E-state index in [1.165, 1.54) is 24.3 Å². The fourth-order valence-electron chi connectivity index (χ4n) is 2.13. The van der Waals surface area contributed by atoms with Crippen molar-refractivity contribution in [1.82, 2.24) is 9.36 Å². The van der Waals surface area contributed by atoms with E-state index in [1.807, 2.05) is 0 Å². The van der Waals surface area contributed by atoms with Crippen molar-refractivity contribution in [2.75, 3.05) is 6.61 Å². The van der Waals surface area contributed by atoms with Crippen molar-refractivity contribution in [3.8, 4) is 17.5 Å². The second-order valence-corrected chi connectivity index (χ2v) is 8.40. The summed E-state index contributed by atoms with van der Waals surface area (Å²) >= 11 is 0.602. The van der Waals surface area contributed by atoms with Crippen molar-refractivity contribution in [3.05, 3.63) is 59.9 Å². The zero-order valence-electron chi connectivity index (χ0n) is 14.1. The van der Waals surface area contributed by atoms with Crippen LogP contribution in [0.5, 0.6) is 17.5 Å². The van der Waals surface area contributed by atoms with Gasteiger partial charge in [0.05, 0.1) is 5.75 Å². The second-order valence-electron chi connectivity index (χ2n) is 5.49. The second kappa shape index (κ2) is 8.31. The van der Waals surface area contributed by atoms with Crippen LogP contribution in [0.3, 0.4) is 0 Å². The molecule has 1 heterocycles. The largest absolute Gasteiger partial charge is 0.479 e. The molecule has 1 N–H and O–H groups in total. The van der Waals surface area contributed by atoms with E-state index < -0.39 is 28.2 Å². The van der Waals surface area contributed by atoms with Crippen molar-refractivity contribution in [3.63, 3.8) is 0 Å². The van der Waals surface area contributed by atoms with Gasteiger partial charge in [0.2, 0.25) is 14.2 Å². The third-order valence-electron chi connectivity index (χ3n) is 3.28. The van der Waals surface area contributed by atoms with E-state index in [1.54, 1.807) is 24.3 Å². The zero-order valence-corrected chi connectivity index (χ0v) is 15.7. The SMILES string of the molecule is O=C(O)COc1nsc(S(=O)(=O)Cc2cccc(Oc3ccc(F)cc3)c2)n1. The van der Waals surface area contributed by atoms with Gasteiger partial charge >= 0.3 is 12.0 Å². The van der Waals surface area contributed by atoms with Crippen molar-refractivity contribution in [2.45, 2.75) is 10.1 Å². The summed E-state index contributed by atoms with van der Waals surface area (Å²) in [6.45, 7) is -0.668. The van der Waals surface area contributed by atoms with Crippen LogP contribution >= 0.6 is 11.5 Å². The zero-order chi connectivity index (χ0) is 20.1. The third-order valence-corrected chi connectivity index (χ3v) is 6.10. The first-order valence-electron chi connectivity index (χ1n) is 7.75. The normalized spacial score (nSPS) is 11.2. The molecule has 0 saturated carbocycles. The van der Waals surface area contributed by atoms with Gasteiger partial charge in [-0.3, -0.25) is 0 Å². The van der Waals surface area contributed by atoms with Gasteiger partial charge in [0.1, 0.15) is 17.3 Å². The highest BCUT2D eigenvalue weighted by Gasteiger charge is 2.22. The van der Waals surface area contributed by atoms with E-state index in [2.05, 4.69) is 9.36 Å². The molecule has 3 rings (SSSR count). The summed E-state index contributed by atoms with van der Waals surface area (Å²) in [4.78, 5) is 14.2. The molecule has 0 aliphatic rings. The predicted molar refractivity (Wildman–Crippen MR) is 96.8 cm³/mol. The van der Waals surface area contributed by atoms with Gasteiger partial charge in [-0.25, -0.2) is 17.6 Å². The quantitative estimate of drug-likeness (QED) is 0.587. The molecule has 0 bridgehead atoms. The molecular weight excluding hydrogens is 411 g/mol. The van der Waals surface area contributed by atoms with Gasteiger partial charge in [0.15, 0.2) is 6.61 Å². The van der Waals surface area contributed by atoms with Gasteiger partial charge < -0.3 is 14.6 Å². The molecule has 146 valence electrons. The van der Waals surface area contributed by atoms with Crippen LogP contribution < -0.4 is 9.47 Å². The molecule has 0 amide bonds. The Morgan fingerprint density at radius 2 is 1.89 bits per heavy atom. The minimum absolute atomic E-state index is 0.280. The molecule has 0 saturated heterocycles. The van der Waals surface area contributed by atoms with Crippen LogP contribution in [0.4, 0.5) is 4.39 Å². The fourth-order valence-corrected chi connectivity index (χ4v) is 4.20. The molecule has 8 nitrogen and oxygen atoms in total. The van der Waals surface area contributed by atoms with E-state index in [4.69, 9.17) is 14.6 Å². The highest BCUT2D eigenvalue weighted by Crippen LogP contribution is 2.25. The number of rotatable bonds is 8. The fraction of sp³-hybridized carbons (Fsp3) is 0.118. The maximum absolute atomic E-state index is 13.0. The van der Waals surface area contributed by atoms with Crippen molar-refractivity contribution in [2.24, 2.45) is 0 Å². The van der Waals surface area contributed by atoms with Gasteiger partial charge in [-0.05, 0) is 42.0 Å². The Hall–Kier alpha value is -3.05. The number of nitrogens with zero attached hydrogens (tertiary/aromatic N) is 2. The number of hydrogen-bond acceptors (Lipinski definition) is 8. The molecule has 0 radical (unpaired) electrons. The van der Waals surface area contributed by atoms with Crippen LogP contribution in [-0.2, 0) is 20.4 Å². The molecule has 28 heavy (non-hydrogen) atoms. The molecule has 0 fully saturated rings. The lowest BCUT2D eigenvalue weighted by Crippen LogP contribution is -2.10. The number of carbonyl (C=O) groups is 1. The predicted octanol–water partition coefficient (Wildman–Crippen LogP) is 2.91. The number of halogens is 1. The highest BCUT2D eigenvalue weighted by atomic mass is 32.2. The van der Waals surface area contributed by atoms with Gasteiger partial charge in [-0.1, -0.05) is 12.1 Å².